The fraction of sp³-hybridized carbons (Fsp3) is 0.143. The summed E-state index contributed by atoms with van der Waals surface area (Å²) in [6, 6.07) is 1.95. The number of nitro groups is 1. The van der Waals surface area contributed by atoms with Gasteiger partial charge in [0.05, 0.1) is 0 Å². The highest BCUT2D eigenvalue weighted by Crippen LogP contribution is 2.25. The molecule has 1 aromatic rings. The smallest absolute Gasteiger partial charge is 0.402 e. The molecule has 0 saturated carbocycles. The van der Waals surface area contributed by atoms with Gasteiger partial charge in [0.15, 0.2) is 17.5 Å². The number of pyridine rings is 1. The molecule has 0 unspecified atom stereocenters. The van der Waals surface area contributed by atoms with Crippen molar-refractivity contribution >= 4 is 5.82 Å². The van der Waals surface area contributed by atoms with Gasteiger partial charge < -0.3 is 14.9 Å². The molecule has 0 spiro atoms. The molecule has 0 fully saturated rings. The van der Waals surface area contributed by atoms with Crippen molar-refractivity contribution in [3.63, 3.8) is 0 Å². The molecule has 0 N–H and O–H groups in total. The van der Waals surface area contributed by atoms with Crippen molar-refractivity contribution in [1.29, 1.82) is 5.26 Å². The Labute approximate surface area is 86.0 Å². The van der Waals surface area contributed by atoms with E-state index in [0.29, 0.717) is 12.3 Å². The topological polar surface area (TPSA) is 89.0 Å². The van der Waals surface area contributed by atoms with Crippen LogP contribution in [0.1, 0.15) is 5.56 Å². The Morgan fingerprint density at radius 2 is 2.19 bits per heavy atom. The van der Waals surface area contributed by atoms with Gasteiger partial charge in [-0.2, -0.15) is 5.26 Å². The standard InChI is InChI=1S/C7H2F3N3O3/c8-7(9,10)16-5-1-4(2-11)6(12-3-5)13(14)15/h1,3H. The third kappa shape index (κ3) is 2.81. The predicted octanol–water partition coefficient (Wildman–Crippen LogP) is 1.76. The van der Waals surface area contributed by atoms with Crippen molar-refractivity contribution in [2.75, 3.05) is 0 Å². The van der Waals surface area contributed by atoms with Crippen LogP contribution in [-0.2, 0) is 0 Å². The quantitative estimate of drug-likeness (QED) is 0.573. The van der Waals surface area contributed by atoms with E-state index in [0.717, 1.165) is 0 Å². The Hall–Kier alpha value is -2.37. The third-order valence-electron chi connectivity index (χ3n) is 1.37. The maximum atomic E-state index is 11.8. The van der Waals surface area contributed by atoms with E-state index in [-0.39, 0.29) is 0 Å². The molecule has 0 atom stereocenters. The first kappa shape index (κ1) is 11.7. The minimum Gasteiger partial charge on any atom is -0.402 e. The fourth-order valence-electron chi connectivity index (χ4n) is 0.856. The maximum absolute atomic E-state index is 11.8. The van der Waals surface area contributed by atoms with Gasteiger partial charge in [0.25, 0.3) is 0 Å². The van der Waals surface area contributed by atoms with Gasteiger partial charge in [-0.25, -0.2) is 0 Å². The lowest BCUT2D eigenvalue weighted by Crippen LogP contribution is -2.17. The van der Waals surface area contributed by atoms with Gasteiger partial charge in [0.1, 0.15) is 6.07 Å². The van der Waals surface area contributed by atoms with Crippen molar-refractivity contribution < 1.29 is 22.8 Å². The number of hydrogen-bond acceptors (Lipinski definition) is 5. The Balaban J connectivity index is 3.11. The van der Waals surface area contributed by atoms with Crippen LogP contribution in [0, 0.1) is 21.4 Å². The molecular formula is C7H2F3N3O3. The minimum absolute atomic E-state index is 0.520. The van der Waals surface area contributed by atoms with Crippen LogP contribution in [0.3, 0.4) is 0 Å². The average Bonchev–Trinajstić information content (AvgIpc) is 2.14. The number of nitriles is 1. The Kier molecular flexibility index (Phi) is 2.94. The van der Waals surface area contributed by atoms with Crippen molar-refractivity contribution in [3.05, 3.63) is 27.9 Å². The number of ether oxygens (including phenoxy) is 1. The summed E-state index contributed by atoms with van der Waals surface area (Å²) >= 11 is 0. The zero-order chi connectivity index (χ0) is 12.3. The van der Waals surface area contributed by atoms with E-state index < -0.39 is 28.4 Å². The van der Waals surface area contributed by atoms with Crippen LogP contribution in [0.15, 0.2) is 12.3 Å². The second-order valence-corrected chi connectivity index (χ2v) is 2.46. The molecule has 1 aromatic heterocycles. The number of alkyl halides is 3. The number of nitrogens with zero attached hydrogens (tertiary/aromatic N) is 3. The van der Waals surface area contributed by atoms with Crippen LogP contribution < -0.4 is 4.74 Å². The molecule has 16 heavy (non-hydrogen) atoms. The Morgan fingerprint density at radius 1 is 1.56 bits per heavy atom. The summed E-state index contributed by atoms with van der Waals surface area (Å²) in [7, 11) is 0. The van der Waals surface area contributed by atoms with E-state index in [1.54, 1.807) is 0 Å². The fourth-order valence-corrected chi connectivity index (χ4v) is 0.856. The van der Waals surface area contributed by atoms with Crippen molar-refractivity contribution in [2.45, 2.75) is 6.36 Å². The largest absolute Gasteiger partial charge is 0.573 e. The SMILES string of the molecule is N#Cc1cc(OC(F)(F)F)cnc1[N+](=O)[O-]. The zero-order valence-corrected chi connectivity index (χ0v) is 7.35. The second-order valence-electron chi connectivity index (χ2n) is 2.46. The molecular weight excluding hydrogens is 231 g/mol. The average molecular weight is 233 g/mol. The summed E-state index contributed by atoms with van der Waals surface area (Å²) in [5, 5.41) is 18.8. The summed E-state index contributed by atoms with van der Waals surface area (Å²) in [5.74, 6) is -1.60. The van der Waals surface area contributed by atoms with E-state index in [4.69, 9.17) is 5.26 Å². The molecule has 6 nitrogen and oxygen atoms in total. The van der Waals surface area contributed by atoms with Crippen LogP contribution in [0.5, 0.6) is 5.75 Å². The molecule has 1 heterocycles. The summed E-state index contributed by atoms with van der Waals surface area (Å²) in [6.45, 7) is 0. The summed E-state index contributed by atoms with van der Waals surface area (Å²) < 4.78 is 38.8. The van der Waals surface area contributed by atoms with Crippen molar-refractivity contribution in [1.82, 2.24) is 4.98 Å². The van der Waals surface area contributed by atoms with Crippen LogP contribution >= 0.6 is 0 Å². The highest BCUT2D eigenvalue weighted by Gasteiger charge is 2.32. The molecule has 84 valence electrons. The molecule has 0 amide bonds. The Morgan fingerprint density at radius 3 is 2.62 bits per heavy atom. The van der Waals surface area contributed by atoms with E-state index in [9.17, 15) is 23.3 Å². The summed E-state index contributed by atoms with van der Waals surface area (Å²) in [5.41, 5.74) is -0.605. The van der Waals surface area contributed by atoms with Crippen LogP contribution in [-0.4, -0.2) is 16.3 Å². The molecule has 0 aliphatic heterocycles. The van der Waals surface area contributed by atoms with Crippen molar-refractivity contribution in [2.24, 2.45) is 0 Å². The first-order valence-electron chi connectivity index (χ1n) is 3.64. The lowest BCUT2D eigenvalue weighted by Gasteiger charge is -2.06. The van der Waals surface area contributed by atoms with E-state index >= 15 is 0 Å². The van der Waals surface area contributed by atoms with Gasteiger partial charge in [-0.3, -0.25) is 0 Å². The lowest BCUT2D eigenvalue weighted by molar-refractivity contribution is -0.389. The molecule has 0 bridgehead atoms. The number of halogens is 3. The van der Waals surface area contributed by atoms with Gasteiger partial charge >= 0.3 is 12.2 Å². The van der Waals surface area contributed by atoms with Gasteiger partial charge in [0.2, 0.25) is 0 Å². The summed E-state index contributed by atoms with van der Waals surface area (Å²) in [6.07, 6.45) is -4.42. The van der Waals surface area contributed by atoms with Crippen LogP contribution in [0.2, 0.25) is 0 Å². The minimum atomic E-state index is -4.94. The zero-order valence-electron chi connectivity index (χ0n) is 7.35. The number of aromatic nitrogens is 1. The molecule has 0 aliphatic rings. The van der Waals surface area contributed by atoms with Crippen LogP contribution in [0.4, 0.5) is 19.0 Å². The van der Waals surface area contributed by atoms with Gasteiger partial charge in [-0.05, 0) is 9.91 Å². The van der Waals surface area contributed by atoms with Gasteiger partial charge in [-0.1, -0.05) is 0 Å². The highest BCUT2D eigenvalue weighted by atomic mass is 19.4. The number of hydrogen-bond donors (Lipinski definition) is 0. The summed E-state index contributed by atoms with van der Waals surface area (Å²) in [4.78, 5) is 12.4. The molecule has 0 radical (unpaired) electrons. The van der Waals surface area contributed by atoms with E-state index in [2.05, 4.69) is 9.72 Å². The molecule has 0 aliphatic carbocycles. The van der Waals surface area contributed by atoms with Crippen molar-refractivity contribution in [3.8, 4) is 11.8 Å². The van der Waals surface area contributed by atoms with E-state index in [1.807, 2.05) is 0 Å². The van der Waals surface area contributed by atoms with Gasteiger partial charge in [-0.15, -0.1) is 13.2 Å². The molecule has 9 heteroatoms. The monoisotopic (exact) mass is 233 g/mol. The normalized spacial score (nSPS) is 10.6. The third-order valence-corrected chi connectivity index (χ3v) is 1.37. The first-order valence-corrected chi connectivity index (χ1v) is 3.64. The lowest BCUT2D eigenvalue weighted by atomic mass is 10.3. The predicted molar refractivity (Wildman–Crippen MR) is 42.3 cm³/mol. The maximum Gasteiger partial charge on any atom is 0.573 e. The van der Waals surface area contributed by atoms with E-state index in [1.165, 1.54) is 6.07 Å². The molecule has 0 saturated heterocycles. The van der Waals surface area contributed by atoms with Crippen LogP contribution in [0.25, 0.3) is 0 Å². The van der Waals surface area contributed by atoms with Gasteiger partial charge in [0, 0.05) is 6.07 Å². The first-order chi connectivity index (χ1) is 7.33. The Bertz CT molecular complexity index is 466. The molecule has 1 rings (SSSR count). The number of rotatable bonds is 2. The second kappa shape index (κ2) is 4.01. The highest BCUT2D eigenvalue weighted by molar-refractivity contribution is 5.46. The molecule has 0 aromatic carbocycles.